The van der Waals surface area contributed by atoms with Gasteiger partial charge in [0.2, 0.25) is 11.7 Å². The highest BCUT2D eigenvalue weighted by atomic mass is 32.2. The van der Waals surface area contributed by atoms with Crippen molar-refractivity contribution in [2.75, 3.05) is 0 Å². The van der Waals surface area contributed by atoms with Gasteiger partial charge in [0.25, 0.3) is 0 Å². The van der Waals surface area contributed by atoms with E-state index in [0.717, 1.165) is 17.5 Å². The van der Waals surface area contributed by atoms with E-state index >= 15 is 0 Å². The van der Waals surface area contributed by atoms with Gasteiger partial charge in [0.05, 0.1) is 5.75 Å². The number of rotatable bonds is 5. The average Bonchev–Trinajstić information content (AvgIpc) is 3.11. The Bertz CT molecular complexity index is 785. The Kier molecular flexibility index (Phi) is 4.19. The van der Waals surface area contributed by atoms with Gasteiger partial charge in [-0.15, -0.1) is 10.2 Å². The van der Waals surface area contributed by atoms with Crippen molar-refractivity contribution in [1.82, 2.24) is 24.9 Å². The predicted octanol–water partition coefficient (Wildman–Crippen LogP) is 3.09. The zero-order chi connectivity index (χ0) is 15.5. The first kappa shape index (κ1) is 14.7. The summed E-state index contributed by atoms with van der Waals surface area (Å²) in [6.45, 7) is 4.75. The summed E-state index contributed by atoms with van der Waals surface area (Å²) in [6, 6.07) is 6.10. The molecule has 0 aliphatic carbocycles. The largest absolute Gasteiger partial charge is 0.338 e. The monoisotopic (exact) mass is 319 g/mol. The Morgan fingerprint density at radius 1 is 1.32 bits per heavy atom. The summed E-state index contributed by atoms with van der Waals surface area (Å²) in [5.74, 6) is 1.87. The summed E-state index contributed by atoms with van der Waals surface area (Å²) in [7, 11) is 0. The molecule has 0 saturated carbocycles. The van der Waals surface area contributed by atoms with Crippen LogP contribution in [0.2, 0.25) is 0 Å². The molecule has 0 aliphatic rings. The first-order valence-electron chi connectivity index (χ1n) is 6.78. The topological polar surface area (TPSA) is 69.6 Å². The Morgan fingerprint density at radius 2 is 2.18 bits per heavy atom. The molecule has 114 valence electrons. The SMILES string of the molecule is CCn1c(C)nnc1SCc1nc(-c2cccc(F)c2)no1. The van der Waals surface area contributed by atoms with Crippen molar-refractivity contribution >= 4 is 11.8 Å². The van der Waals surface area contributed by atoms with E-state index in [1.165, 1.54) is 23.9 Å². The second kappa shape index (κ2) is 6.27. The molecule has 0 saturated heterocycles. The van der Waals surface area contributed by atoms with Gasteiger partial charge in [-0.1, -0.05) is 29.1 Å². The number of nitrogens with zero attached hydrogens (tertiary/aromatic N) is 5. The van der Waals surface area contributed by atoms with Crippen LogP contribution in [0, 0.1) is 12.7 Å². The number of aryl methyl sites for hydroxylation is 1. The van der Waals surface area contributed by atoms with E-state index in [4.69, 9.17) is 4.52 Å². The Morgan fingerprint density at radius 3 is 2.95 bits per heavy atom. The number of aromatic nitrogens is 5. The van der Waals surface area contributed by atoms with Crippen LogP contribution in [0.15, 0.2) is 33.9 Å². The minimum atomic E-state index is -0.329. The van der Waals surface area contributed by atoms with Crippen LogP contribution in [-0.2, 0) is 12.3 Å². The highest BCUT2D eigenvalue weighted by Crippen LogP contribution is 2.23. The third-order valence-electron chi connectivity index (χ3n) is 3.09. The van der Waals surface area contributed by atoms with Crippen LogP contribution in [0.25, 0.3) is 11.4 Å². The van der Waals surface area contributed by atoms with Gasteiger partial charge in [-0.2, -0.15) is 4.98 Å². The number of hydrogen-bond donors (Lipinski definition) is 0. The molecule has 0 amide bonds. The first-order chi connectivity index (χ1) is 10.7. The first-order valence-corrected chi connectivity index (χ1v) is 7.77. The molecule has 3 rings (SSSR count). The summed E-state index contributed by atoms with van der Waals surface area (Å²) in [5, 5.41) is 12.9. The van der Waals surface area contributed by atoms with E-state index in [1.807, 2.05) is 18.4 Å². The zero-order valence-corrected chi connectivity index (χ0v) is 13.0. The molecule has 0 radical (unpaired) electrons. The van der Waals surface area contributed by atoms with Gasteiger partial charge in [0.1, 0.15) is 11.6 Å². The standard InChI is InChI=1S/C14H14FN5OS/c1-3-20-9(2)17-18-14(20)22-8-12-16-13(19-21-12)10-5-4-6-11(15)7-10/h4-7H,3,8H2,1-2H3. The van der Waals surface area contributed by atoms with Crippen LogP contribution >= 0.6 is 11.8 Å². The second-order valence-electron chi connectivity index (χ2n) is 4.58. The van der Waals surface area contributed by atoms with Crippen molar-refractivity contribution in [3.05, 3.63) is 41.8 Å². The highest BCUT2D eigenvalue weighted by molar-refractivity contribution is 7.98. The molecule has 1 aromatic carbocycles. The van der Waals surface area contributed by atoms with Gasteiger partial charge in [0.15, 0.2) is 5.16 Å². The minimum absolute atomic E-state index is 0.329. The van der Waals surface area contributed by atoms with E-state index in [1.54, 1.807) is 12.1 Å². The third-order valence-corrected chi connectivity index (χ3v) is 4.05. The molecular formula is C14H14FN5OS. The summed E-state index contributed by atoms with van der Waals surface area (Å²) in [4.78, 5) is 4.28. The van der Waals surface area contributed by atoms with Gasteiger partial charge in [-0.3, -0.25) is 0 Å². The van der Waals surface area contributed by atoms with E-state index in [2.05, 4.69) is 20.3 Å². The van der Waals surface area contributed by atoms with Crippen molar-refractivity contribution in [3.63, 3.8) is 0 Å². The third kappa shape index (κ3) is 3.01. The normalized spacial score (nSPS) is 11.0. The summed E-state index contributed by atoms with van der Waals surface area (Å²) in [6.07, 6.45) is 0. The zero-order valence-electron chi connectivity index (χ0n) is 12.2. The predicted molar refractivity (Wildman–Crippen MR) is 79.7 cm³/mol. The van der Waals surface area contributed by atoms with Crippen LogP contribution in [0.5, 0.6) is 0 Å². The molecule has 0 unspecified atom stereocenters. The lowest BCUT2D eigenvalue weighted by Gasteiger charge is -2.02. The van der Waals surface area contributed by atoms with Crippen molar-refractivity contribution in [2.24, 2.45) is 0 Å². The fraction of sp³-hybridized carbons (Fsp3) is 0.286. The fourth-order valence-corrected chi connectivity index (χ4v) is 2.90. The summed E-state index contributed by atoms with van der Waals surface area (Å²) < 4.78 is 20.4. The maximum Gasteiger partial charge on any atom is 0.237 e. The number of benzene rings is 1. The fourth-order valence-electron chi connectivity index (χ4n) is 2.02. The van der Waals surface area contributed by atoms with Crippen molar-refractivity contribution in [3.8, 4) is 11.4 Å². The summed E-state index contributed by atoms with van der Waals surface area (Å²) >= 11 is 1.48. The molecule has 0 atom stereocenters. The van der Waals surface area contributed by atoms with Gasteiger partial charge in [0, 0.05) is 12.1 Å². The molecule has 6 nitrogen and oxygen atoms in total. The van der Waals surface area contributed by atoms with E-state index in [-0.39, 0.29) is 5.82 Å². The Hall–Kier alpha value is -2.22. The van der Waals surface area contributed by atoms with Crippen LogP contribution in [0.1, 0.15) is 18.6 Å². The Balaban J connectivity index is 1.72. The van der Waals surface area contributed by atoms with Gasteiger partial charge in [-0.05, 0) is 26.0 Å². The van der Waals surface area contributed by atoms with E-state index in [9.17, 15) is 4.39 Å². The quantitative estimate of drug-likeness (QED) is 0.673. The van der Waals surface area contributed by atoms with Crippen LogP contribution < -0.4 is 0 Å². The maximum atomic E-state index is 13.2. The highest BCUT2D eigenvalue weighted by Gasteiger charge is 2.12. The molecule has 0 N–H and O–H groups in total. The number of hydrogen-bond acceptors (Lipinski definition) is 6. The molecular weight excluding hydrogens is 305 g/mol. The van der Waals surface area contributed by atoms with Crippen molar-refractivity contribution in [2.45, 2.75) is 31.3 Å². The lowest BCUT2D eigenvalue weighted by Crippen LogP contribution is -1.99. The molecule has 8 heteroatoms. The number of halogens is 1. The van der Waals surface area contributed by atoms with E-state index in [0.29, 0.717) is 23.0 Å². The van der Waals surface area contributed by atoms with Crippen LogP contribution in [0.4, 0.5) is 4.39 Å². The van der Waals surface area contributed by atoms with Gasteiger partial charge >= 0.3 is 0 Å². The molecule has 2 heterocycles. The van der Waals surface area contributed by atoms with Gasteiger partial charge in [-0.25, -0.2) is 4.39 Å². The van der Waals surface area contributed by atoms with E-state index < -0.39 is 0 Å². The molecule has 2 aromatic heterocycles. The number of thioether (sulfide) groups is 1. The molecule has 22 heavy (non-hydrogen) atoms. The lowest BCUT2D eigenvalue weighted by molar-refractivity contribution is 0.391. The Labute approximate surface area is 130 Å². The lowest BCUT2D eigenvalue weighted by atomic mass is 10.2. The van der Waals surface area contributed by atoms with Crippen LogP contribution in [-0.4, -0.2) is 24.9 Å². The molecule has 0 aliphatic heterocycles. The minimum Gasteiger partial charge on any atom is -0.338 e. The molecule has 3 aromatic rings. The summed E-state index contributed by atoms with van der Waals surface area (Å²) in [5.41, 5.74) is 0.590. The van der Waals surface area contributed by atoms with Crippen molar-refractivity contribution in [1.29, 1.82) is 0 Å². The molecule has 0 fully saturated rings. The van der Waals surface area contributed by atoms with Gasteiger partial charge < -0.3 is 9.09 Å². The molecule has 0 spiro atoms. The van der Waals surface area contributed by atoms with Crippen LogP contribution in [0.3, 0.4) is 0 Å². The maximum absolute atomic E-state index is 13.2. The smallest absolute Gasteiger partial charge is 0.237 e. The second-order valence-corrected chi connectivity index (χ2v) is 5.53. The average molecular weight is 319 g/mol. The molecule has 0 bridgehead atoms. The van der Waals surface area contributed by atoms with Crippen molar-refractivity contribution < 1.29 is 8.91 Å².